The number of alkyl carbamates (subject to hydrolysis) is 1. The van der Waals surface area contributed by atoms with E-state index in [1.165, 1.54) is 6.33 Å². The first-order valence-corrected chi connectivity index (χ1v) is 18.1. The highest BCUT2D eigenvalue weighted by atomic mass is 16.6. The van der Waals surface area contributed by atoms with Crippen LogP contribution in [0.25, 0.3) is 0 Å². The molecule has 0 aliphatic rings. The molecule has 1 aromatic carbocycles. The van der Waals surface area contributed by atoms with E-state index in [1.54, 1.807) is 27.0 Å². The Morgan fingerprint density at radius 3 is 2.09 bits per heavy atom. The number of rotatable bonds is 20. The summed E-state index contributed by atoms with van der Waals surface area (Å²) >= 11 is 0. The molecule has 0 fully saturated rings. The number of benzene rings is 1. The zero-order valence-corrected chi connectivity index (χ0v) is 32.0. The number of ether oxygens (including phenoxy) is 1. The van der Waals surface area contributed by atoms with Crippen molar-refractivity contribution in [3.63, 3.8) is 0 Å². The van der Waals surface area contributed by atoms with Gasteiger partial charge in [-0.15, -0.1) is 5.10 Å². The third-order valence-corrected chi connectivity index (χ3v) is 7.98. The molecule has 0 bridgehead atoms. The summed E-state index contributed by atoms with van der Waals surface area (Å²) in [6, 6.07) is 4.97. The number of carbonyl (C=O) groups is 5. The number of carbonyl (C=O) groups excluding carboxylic acids is 5. The van der Waals surface area contributed by atoms with Crippen molar-refractivity contribution >= 4 is 29.7 Å². The summed E-state index contributed by atoms with van der Waals surface area (Å²) in [5.41, 5.74) is 0.423. The Hall–Kier alpha value is -5.39. The zero-order chi connectivity index (χ0) is 39.8. The number of hydrogen-bond donors (Lipinski definition) is 8. The number of aromatic nitrogens is 6. The summed E-state index contributed by atoms with van der Waals surface area (Å²) in [5.74, 6) is -1.93. The van der Waals surface area contributed by atoms with Crippen molar-refractivity contribution < 1.29 is 33.8 Å². The van der Waals surface area contributed by atoms with Gasteiger partial charge in [0.25, 0.3) is 0 Å². The highest BCUT2D eigenvalue weighted by Crippen LogP contribution is 2.14. The normalized spacial score (nSPS) is 14.3. The minimum Gasteiger partial charge on any atom is -0.444 e. The van der Waals surface area contributed by atoms with Crippen molar-refractivity contribution in [1.82, 2.24) is 57.2 Å². The van der Waals surface area contributed by atoms with Gasteiger partial charge in [0.15, 0.2) is 5.82 Å². The predicted molar refractivity (Wildman–Crippen MR) is 197 cm³/mol. The van der Waals surface area contributed by atoms with Crippen molar-refractivity contribution in [2.45, 2.75) is 123 Å². The van der Waals surface area contributed by atoms with Crippen LogP contribution in [0.15, 0.2) is 42.9 Å². The van der Waals surface area contributed by atoms with Crippen LogP contribution in [0.2, 0.25) is 0 Å². The molecule has 18 nitrogen and oxygen atoms in total. The Morgan fingerprint density at radius 1 is 0.833 bits per heavy atom. The second kappa shape index (κ2) is 20.7. The lowest BCUT2D eigenvalue weighted by Gasteiger charge is -2.29. The van der Waals surface area contributed by atoms with Gasteiger partial charge >= 0.3 is 6.09 Å². The summed E-state index contributed by atoms with van der Waals surface area (Å²) in [7, 11) is 0. The second-order valence-electron chi connectivity index (χ2n) is 15.0. The first-order valence-electron chi connectivity index (χ1n) is 18.1. The molecule has 0 aliphatic carbocycles. The molecule has 3 rings (SSSR count). The summed E-state index contributed by atoms with van der Waals surface area (Å²) in [4.78, 5) is 73.9. The Morgan fingerprint density at radius 2 is 1.50 bits per heavy atom. The molecule has 5 amide bonds. The number of hydrogen-bond acceptors (Lipinski definition) is 11. The van der Waals surface area contributed by atoms with Gasteiger partial charge in [0.05, 0.1) is 37.1 Å². The van der Waals surface area contributed by atoms with Crippen LogP contribution in [0.5, 0.6) is 0 Å². The smallest absolute Gasteiger partial charge is 0.408 e. The number of nitrogens with one attached hydrogen (secondary N) is 7. The van der Waals surface area contributed by atoms with Crippen LogP contribution in [0.1, 0.15) is 84.8 Å². The van der Waals surface area contributed by atoms with E-state index < -0.39 is 72.0 Å². The molecule has 0 radical (unpaired) electrons. The minimum absolute atomic E-state index is 0.00859. The monoisotopic (exact) mass is 753 g/mol. The minimum atomic E-state index is -1.35. The average molecular weight is 754 g/mol. The molecule has 8 N–H and O–H groups in total. The van der Waals surface area contributed by atoms with Crippen LogP contribution >= 0.6 is 0 Å². The highest BCUT2D eigenvalue weighted by molar-refractivity contribution is 5.92. The van der Waals surface area contributed by atoms with Crippen molar-refractivity contribution in [3.05, 3.63) is 59.9 Å². The number of aliphatic hydroxyl groups excluding tert-OH is 1. The van der Waals surface area contributed by atoms with Gasteiger partial charge in [-0.05, 0) is 61.4 Å². The van der Waals surface area contributed by atoms with Crippen molar-refractivity contribution in [1.29, 1.82) is 0 Å². The van der Waals surface area contributed by atoms with E-state index in [0.717, 1.165) is 5.56 Å². The topological polar surface area (TPSA) is 258 Å². The number of aliphatic hydroxyl groups is 1. The number of tetrazole rings is 1. The summed E-state index contributed by atoms with van der Waals surface area (Å²) in [6.07, 6.45) is 1.18. The molecular formula is C36H55N11O7. The SMILES string of the molecule is CC(C)C[C@H](NC(=O)C[C@H](O)[C@H](CC(C)C)NC(=O)[C@H](Cc1c[nH]cn1)NC(=O)[C@H](Cc1ccccc1)NC(=O)OC(C)(C)C)C(=O)NCc1nnn[nH]1. The van der Waals surface area contributed by atoms with Gasteiger partial charge in [0.1, 0.15) is 23.7 Å². The summed E-state index contributed by atoms with van der Waals surface area (Å²) < 4.78 is 5.41. The maximum absolute atomic E-state index is 14.0. The molecule has 18 heteroatoms. The fourth-order valence-electron chi connectivity index (χ4n) is 5.54. The molecule has 5 atom stereocenters. The van der Waals surface area contributed by atoms with Gasteiger partial charge < -0.3 is 41.4 Å². The molecule has 296 valence electrons. The average Bonchev–Trinajstić information content (AvgIpc) is 3.80. The standard InChI is InChI=1S/C36H55N11O7/c1-21(2)13-25(29(48)17-31(49)40-26(14-22(3)4)32(50)38-19-30-44-46-47-45-30)41-34(52)28(16-24-18-37-20-39-24)42-33(51)27(15-23-11-9-8-10-12-23)43-35(53)54-36(5,6)7/h8-12,18,20-22,25-29,48H,13-17,19H2,1-7H3,(H,37,39)(H,38,50)(H,40,49)(H,41,52)(H,42,51)(H,43,53)(H,44,45,46,47)/t25-,26-,27-,28-,29-/m0/s1. The van der Waals surface area contributed by atoms with Crippen LogP contribution in [0.3, 0.4) is 0 Å². The third kappa shape index (κ3) is 15.7. The lowest BCUT2D eigenvalue weighted by Crippen LogP contribution is -2.58. The number of amides is 5. The highest BCUT2D eigenvalue weighted by Gasteiger charge is 2.33. The lowest BCUT2D eigenvalue weighted by molar-refractivity contribution is -0.132. The lowest BCUT2D eigenvalue weighted by atomic mass is 9.96. The molecule has 0 unspecified atom stereocenters. The molecule has 2 aromatic heterocycles. The van der Waals surface area contributed by atoms with E-state index >= 15 is 0 Å². The van der Waals surface area contributed by atoms with E-state index in [2.05, 4.69) is 57.2 Å². The van der Waals surface area contributed by atoms with Gasteiger partial charge in [-0.3, -0.25) is 19.2 Å². The quantitative estimate of drug-likeness (QED) is 0.0814. The molecule has 0 saturated carbocycles. The maximum atomic E-state index is 14.0. The van der Waals surface area contributed by atoms with Gasteiger partial charge in [-0.2, -0.15) is 0 Å². The van der Waals surface area contributed by atoms with Crippen LogP contribution < -0.4 is 26.6 Å². The van der Waals surface area contributed by atoms with Crippen LogP contribution in [-0.4, -0.2) is 101 Å². The Labute approximate surface area is 315 Å². The fraction of sp³-hybridized carbons (Fsp3) is 0.583. The predicted octanol–water partition coefficient (Wildman–Crippen LogP) is 1.22. The van der Waals surface area contributed by atoms with E-state index in [1.807, 2.05) is 58.0 Å². The molecule has 3 aromatic rings. The van der Waals surface area contributed by atoms with E-state index in [0.29, 0.717) is 24.4 Å². The first-order chi connectivity index (χ1) is 25.5. The number of imidazole rings is 1. The number of nitrogens with zero attached hydrogens (tertiary/aromatic N) is 4. The molecule has 0 aliphatic heterocycles. The molecule has 54 heavy (non-hydrogen) atoms. The molecular weight excluding hydrogens is 698 g/mol. The van der Waals surface area contributed by atoms with Gasteiger partial charge in [-0.1, -0.05) is 58.0 Å². The summed E-state index contributed by atoms with van der Waals surface area (Å²) in [5, 5.41) is 38.2. The van der Waals surface area contributed by atoms with Crippen LogP contribution in [0.4, 0.5) is 4.79 Å². The Kier molecular flexibility index (Phi) is 16.5. The van der Waals surface area contributed by atoms with Crippen molar-refractivity contribution in [3.8, 4) is 0 Å². The maximum Gasteiger partial charge on any atom is 0.408 e. The summed E-state index contributed by atoms with van der Waals surface area (Å²) in [6.45, 7) is 12.8. The van der Waals surface area contributed by atoms with Gasteiger partial charge in [0.2, 0.25) is 23.6 Å². The molecule has 0 saturated heterocycles. The zero-order valence-electron chi connectivity index (χ0n) is 32.0. The van der Waals surface area contributed by atoms with Gasteiger partial charge in [0, 0.05) is 19.0 Å². The second-order valence-corrected chi connectivity index (χ2v) is 15.0. The van der Waals surface area contributed by atoms with Crippen molar-refractivity contribution in [2.24, 2.45) is 11.8 Å². The van der Waals surface area contributed by atoms with Crippen molar-refractivity contribution in [2.75, 3.05) is 0 Å². The van der Waals surface area contributed by atoms with Gasteiger partial charge in [-0.25, -0.2) is 14.9 Å². The van der Waals surface area contributed by atoms with Crippen LogP contribution in [0, 0.1) is 11.8 Å². The number of H-pyrrole nitrogens is 2. The first kappa shape index (κ1) is 43.0. The third-order valence-electron chi connectivity index (χ3n) is 7.98. The van der Waals surface area contributed by atoms with E-state index in [-0.39, 0.29) is 31.2 Å². The Balaban J connectivity index is 1.76. The van der Waals surface area contributed by atoms with E-state index in [9.17, 15) is 29.1 Å². The molecule has 2 heterocycles. The fourth-order valence-corrected chi connectivity index (χ4v) is 5.54. The number of aromatic amines is 2. The molecule has 0 spiro atoms. The largest absolute Gasteiger partial charge is 0.444 e. The Bertz CT molecular complexity index is 1610. The van der Waals surface area contributed by atoms with Crippen LogP contribution in [-0.2, 0) is 43.3 Å². The van der Waals surface area contributed by atoms with E-state index in [4.69, 9.17) is 4.74 Å².